The zero-order valence-electron chi connectivity index (χ0n) is 13.6. The van der Waals surface area contributed by atoms with Crippen molar-refractivity contribution in [2.75, 3.05) is 4.90 Å². The van der Waals surface area contributed by atoms with E-state index in [0.717, 1.165) is 22.7 Å². The van der Waals surface area contributed by atoms with Crippen molar-refractivity contribution < 1.29 is 9.59 Å². The molecular formula is C20H19NO2S. The monoisotopic (exact) mass is 337 g/mol. The molecule has 4 heteroatoms. The molecule has 2 aromatic rings. The second kappa shape index (κ2) is 7.41. The Morgan fingerprint density at radius 1 is 1.00 bits per heavy atom. The van der Waals surface area contributed by atoms with Gasteiger partial charge in [-0.3, -0.25) is 14.5 Å². The third-order valence-corrected chi connectivity index (χ3v) is 4.97. The van der Waals surface area contributed by atoms with Gasteiger partial charge in [0.05, 0.1) is 11.4 Å². The molecule has 0 spiro atoms. The second-order valence-corrected chi connectivity index (χ2v) is 6.72. The topological polar surface area (TPSA) is 37.4 Å². The van der Waals surface area contributed by atoms with Crippen molar-refractivity contribution >= 4 is 38.2 Å². The molecular weight excluding hydrogens is 318 g/mol. The Hall–Kier alpha value is -2.46. The van der Waals surface area contributed by atoms with Crippen LogP contribution in [0.2, 0.25) is 0 Å². The van der Waals surface area contributed by atoms with E-state index in [2.05, 4.69) is 0 Å². The molecule has 24 heavy (non-hydrogen) atoms. The summed E-state index contributed by atoms with van der Waals surface area (Å²) in [5.74, 6) is 0.111. The van der Waals surface area contributed by atoms with Crippen molar-refractivity contribution in [3.8, 4) is 0 Å². The zero-order valence-corrected chi connectivity index (χ0v) is 14.4. The Bertz CT molecular complexity index is 821. The van der Waals surface area contributed by atoms with E-state index in [1.54, 1.807) is 4.90 Å². The number of anilines is 1. The van der Waals surface area contributed by atoms with Crippen molar-refractivity contribution in [3.05, 3.63) is 66.2 Å². The standard InChI is InChI=1S/C20H19NO2S/c1-2-9-17(22)14-18-21(16-12-7-4-8-13-16)20(23)19(24-18)15-10-5-3-6-11-15/h3-8,10-13H,2,9,14H2,1H3. The van der Waals surface area contributed by atoms with Crippen LogP contribution in [0.4, 0.5) is 5.69 Å². The number of carbonyl (C=O) groups is 2. The van der Waals surface area contributed by atoms with Crippen LogP contribution < -0.4 is 4.90 Å². The van der Waals surface area contributed by atoms with Crippen LogP contribution >= 0.6 is 10.9 Å². The van der Waals surface area contributed by atoms with Gasteiger partial charge in [0.1, 0.15) is 10.6 Å². The molecule has 1 heterocycles. The van der Waals surface area contributed by atoms with Crippen molar-refractivity contribution in [2.45, 2.75) is 26.2 Å². The lowest BCUT2D eigenvalue weighted by atomic mass is 10.1. The van der Waals surface area contributed by atoms with Gasteiger partial charge in [-0.05, 0) is 24.1 Å². The van der Waals surface area contributed by atoms with Crippen LogP contribution in [0.25, 0.3) is 0 Å². The highest BCUT2D eigenvalue weighted by Gasteiger charge is 2.30. The Morgan fingerprint density at radius 2 is 1.62 bits per heavy atom. The SMILES string of the molecule is CCCC(=O)CC1=S=C(c2ccccc2)C(=O)N1c1ccccc1. The summed E-state index contributed by atoms with van der Waals surface area (Å²) in [6, 6.07) is 19.2. The molecule has 0 fully saturated rings. The van der Waals surface area contributed by atoms with E-state index in [1.807, 2.05) is 67.6 Å². The van der Waals surface area contributed by atoms with Crippen LogP contribution in [-0.2, 0) is 9.59 Å². The molecule has 0 atom stereocenters. The van der Waals surface area contributed by atoms with E-state index in [0.29, 0.717) is 17.7 Å². The third-order valence-electron chi connectivity index (χ3n) is 3.79. The zero-order chi connectivity index (χ0) is 16.9. The minimum absolute atomic E-state index is 0.0586. The number of para-hydroxylation sites is 1. The molecule has 0 saturated heterocycles. The number of rotatable bonds is 6. The fourth-order valence-corrected chi connectivity index (χ4v) is 3.86. The van der Waals surface area contributed by atoms with Gasteiger partial charge in [0.25, 0.3) is 5.91 Å². The summed E-state index contributed by atoms with van der Waals surface area (Å²) in [6.45, 7) is 1.99. The largest absolute Gasteiger partial charge is 0.299 e. The number of hydrogen-bond acceptors (Lipinski definition) is 2. The lowest BCUT2D eigenvalue weighted by Gasteiger charge is -2.20. The Morgan fingerprint density at radius 3 is 2.25 bits per heavy atom. The Balaban J connectivity index is 2.01. The van der Waals surface area contributed by atoms with Crippen molar-refractivity contribution in [1.82, 2.24) is 0 Å². The normalized spacial score (nSPS) is 14.0. The summed E-state index contributed by atoms with van der Waals surface area (Å²) in [5.41, 5.74) is 1.70. The first-order valence-electron chi connectivity index (χ1n) is 8.08. The highest BCUT2D eigenvalue weighted by molar-refractivity contribution is 8.01. The van der Waals surface area contributed by atoms with Crippen LogP contribution in [0.1, 0.15) is 31.7 Å². The fraction of sp³-hybridized carbons (Fsp3) is 0.200. The second-order valence-electron chi connectivity index (χ2n) is 5.63. The predicted octanol–water partition coefficient (Wildman–Crippen LogP) is 3.88. The molecule has 2 aromatic carbocycles. The lowest BCUT2D eigenvalue weighted by Crippen LogP contribution is -2.37. The summed E-state index contributed by atoms with van der Waals surface area (Å²) in [5, 5.41) is 0. The van der Waals surface area contributed by atoms with E-state index in [1.165, 1.54) is 10.9 Å². The first kappa shape index (κ1) is 16.4. The molecule has 3 rings (SSSR count). The van der Waals surface area contributed by atoms with Crippen LogP contribution in [0.3, 0.4) is 0 Å². The van der Waals surface area contributed by atoms with Crippen molar-refractivity contribution in [3.63, 3.8) is 0 Å². The smallest absolute Gasteiger partial charge is 0.273 e. The number of ketones is 1. The van der Waals surface area contributed by atoms with Gasteiger partial charge in [0.15, 0.2) is 0 Å². The van der Waals surface area contributed by atoms with Gasteiger partial charge in [-0.15, -0.1) is 10.9 Å². The molecule has 0 unspecified atom stereocenters. The van der Waals surface area contributed by atoms with Crippen LogP contribution in [0.15, 0.2) is 60.7 Å². The average Bonchev–Trinajstić information content (AvgIpc) is 2.92. The van der Waals surface area contributed by atoms with Crippen LogP contribution in [0.5, 0.6) is 0 Å². The van der Waals surface area contributed by atoms with Gasteiger partial charge in [0.2, 0.25) is 0 Å². The average molecular weight is 337 g/mol. The van der Waals surface area contributed by atoms with Crippen molar-refractivity contribution in [2.24, 2.45) is 0 Å². The Kier molecular flexibility index (Phi) is 5.06. The van der Waals surface area contributed by atoms with E-state index in [-0.39, 0.29) is 11.7 Å². The molecule has 0 bridgehead atoms. The minimum Gasteiger partial charge on any atom is -0.299 e. The highest BCUT2D eigenvalue weighted by atomic mass is 32.1. The summed E-state index contributed by atoms with van der Waals surface area (Å²) in [4.78, 5) is 28.3. The summed E-state index contributed by atoms with van der Waals surface area (Å²) < 4.78 is 0. The van der Waals surface area contributed by atoms with Crippen LogP contribution in [0, 0.1) is 0 Å². The van der Waals surface area contributed by atoms with E-state index in [9.17, 15) is 9.59 Å². The number of Topliss-reactive ketones (excluding diaryl/α,β-unsaturated/α-hetero) is 1. The van der Waals surface area contributed by atoms with E-state index >= 15 is 0 Å². The fourth-order valence-electron chi connectivity index (χ4n) is 2.68. The van der Waals surface area contributed by atoms with Gasteiger partial charge < -0.3 is 0 Å². The molecule has 0 aromatic heterocycles. The number of nitrogens with zero attached hydrogens (tertiary/aromatic N) is 1. The van der Waals surface area contributed by atoms with Gasteiger partial charge in [-0.1, -0.05) is 55.5 Å². The molecule has 1 amide bonds. The molecule has 0 saturated carbocycles. The van der Waals surface area contributed by atoms with E-state index in [4.69, 9.17) is 0 Å². The maximum absolute atomic E-state index is 13.0. The lowest BCUT2D eigenvalue weighted by molar-refractivity contribution is -0.117. The number of amides is 1. The van der Waals surface area contributed by atoms with Crippen molar-refractivity contribution in [1.29, 1.82) is 0 Å². The maximum atomic E-state index is 13.0. The number of carbonyl (C=O) groups excluding carboxylic acids is 2. The van der Waals surface area contributed by atoms with Crippen LogP contribution in [-0.4, -0.2) is 21.5 Å². The highest BCUT2D eigenvalue weighted by Crippen LogP contribution is 2.24. The summed E-state index contributed by atoms with van der Waals surface area (Å²) in [7, 11) is 1.42. The Labute approximate surface area is 145 Å². The van der Waals surface area contributed by atoms with Gasteiger partial charge in [-0.25, -0.2) is 0 Å². The summed E-state index contributed by atoms with van der Waals surface area (Å²) >= 11 is 0. The first-order valence-corrected chi connectivity index (χ1v) is 8.89. The molecule has 1 aliphatic rings. The van der Waals surface area contributed by atoms with Gasteiger partial charge in [-0.2, -0.15) is 0 Å². The molecule has 1 aliphatic heterocycles. The first-order chi connectivity index (χ1) is 11.7. The van der Waals surface area contributed by atoms with E-state index < -0.39 is 0 Å². The summed E-state index contributed by atoms with van der Waals surface area (Å²) in [6.07, 6.45) is 1.67. The molecule has 122 valence electrons. The minimum atomic E-state index is -0.0586. The maximum Gasteiger partial charge on any atom is 0.273 e. The quantitative estimate of drug-likeness (QED) is 0.750. The number of hydrogen-bond donors (Lipinski definition) is 0. The predicted molar refractivity (Wildman–Crippen MR) is 102 cm³/mol. The molecule has 0 radical (unpaired) electrons. The number of benzene rings is 2. The van der Waals surface area contributed by atoms with Gasteiger partial charge >= 0.3 is 0 Å². The molecule has 0 aliphatic carbocycles. The third kappa shape index (κ3) is 3.39. The molecule has 0 N–H and O–H groups in total. The molecule has 3 nitrogen and oxygen atoms in total. The van der Waals surface area contributed by atoms with Gasteiger partial charge in [0, 0.05) is 12.1 Å².